The van der Waals surface area contributed by atoms with Crippen molar-refractivity contribution in [3.8, 4) is 0 Å². The number of anilines is 1. The lowest BCUT2D eigenvalue weighted by Gasteiger charge is -2.35. The summed E-state index contributed by atoms with van der Waals surface area (Å²) >= 11 is 0. The fourth-order valence-electron chi connectivity index (χ4n) is 3.11. The highest BCUT2D eigenvalue weighted by atomic mass is 127. The van der Waals surface area contributed by atoms with Crippen molar-refractivity contribution >= 4 is 35.6 Å². The molecule has 0 amide bonds. The number of nitrogens with zero attached hydrogens (tertiary/aromatic N) is 3. The minimum atomic E-state index is -0.147. The van der Waals surface area contributed by atoms with Crippen LogP contribution in [0.4, 0.5) is 10.1 Å². The Morgan fingerprint density at radius 2 is 1.85 bits per heavy atom. The first-order valence-electron chi connectivity index (χ1n) is 9.95. The topological polar surface area (TPSA) is 42.9 Å². The van der Waals surface area contributed by atoms with E-state index in [9.17, 15) is 4.39 Å². The van der Waals surface area contributed by atoms with E-state index in [0.29, 0.717) is 12.2 Å². The van der Waals surface area contributed by atoms with Gasteiger partial charge >= 0.3 is 0 Å². The van der Waals surface area contributed by atoms with Crippen molar-refractivity contribution in [1.29, 1.82) is 0 Å². The van der Waals surface area contributed by atoms with Gasteiger partial charge in [-0.15, -0.1) is 24.0 Å². The number of aliphatic imine (C=N–C) groups is 1. The first-order chi connectivity index (χ1) is 12.7. The van der Waals surface area contributed by atoms with Crippen LogP contribution in [0.5, 0.6) is 0 Å². The molecule has 1 heterocycles. The molecule has 0 spiro atoms. The Morgan fingerprint density at radius 3 is 2.44 bits per heavy atom. The molecule has 0 radical (unpaired) electrons. The maximum atomic E-state index is 14.6. The van der Waals surface area contributed by atoms with E-state index >= 15 is 0 Å². The van der Waals surface area contributed by atoms with Crippen molar-refractivity contribution in [2.75, 3.05) is 50.7 Å². The lowest BCUT2D eigenvalue weighted by atomic mass is 10.1. The van der Waals surface area contributed by atoms with Gasteiger partial charge in [0.25, 0.3) is 0 Å². The van der Waals surface area contributed by atoms with Crippen LogP contribution in [0, 0.1) is 5.82 Å². The summed E-state index contributed by atoms with van der Waals surface area (Å²) < 4.78 is 14.6. The quantitative estimate of drug-likeness (QED) is 0.253. The third-order valence-electron chi connectivity index (χ3n) is 4.76. The number of hydrogen-bond donors (Lipinski definition) is 2. The molecule has 0 aromatic heterocycles. The largest absolute Gasteiger partial charge is 0.367 e. The highest BCUT2D eigenvalue weighted by Gasteiger charge is 2.18. The van der Waals surface area contributed by atoms with Crippen molar-refractivity contribution in [3.63, 3.8) is 0 Å². The molecule has 1 saturated heterocycles. The van der Waals surface area contributed by atoms with Crippen molar-refractivity contribution < 1.29 is 4.39 Å². The van der Waals surface area contributed by atoms with Gasteiger partial charge in [-0.3, -0.25) is 0 Å². The fraction of sp³-hybridized carbons (Fsp3) is 0.650. The summed E-state index contributed by atoms with van der Waals surface area (Å²) in [4.78, 5) is 9.11. The van der Waals surface area contributed by atoms with E-state index in [1.54, 1.807) is 6.07 Å². The van der Waals surface area contributed by atoms with E-state index < -0.39 is 0 Å². The fourth-order valence-corrected chi connectivity index (χ4v) is 3.11. The number of nitrogens with one attached hydrogen (secondary N) is 2. The summed E-state index contributed by atoms with van der Waals surface area (Å²) in [6.07, 6.45) is 2.25. The van der Waals surface area contributed by atoms with Crippen LogP contribution >= 0.6 is 24.0 Å². The predicted molar refractivity (Wildman–Crippen MR) is 124 cm³/mol. The predicted octanol–water partition coefficient (Wildman–Crippen LogP) is 3.44. The Labute approximate surface area is 180 Å². The Hall–Kier alpha value is -1.09. The summed E-state index contributed by atoms with van der Waals surface area (Å²) in [5, 5.41) is 6.54. The zero-order valence-corrected chi connectivity index (χ0v) is 19.3. The number of halogens is 2. The molecular formula is C20H35FIN5. The van der Waals surface area contributed by atoms with Crippen molar-refractivity contribution in [2.45, 2.75) is 40.2 Å². The van der Waals surface area contributed by atoms with E-state index in [-0.39, 0.29) is 29.8 Å². The highest BCUT2D eigenvalue weighted by Crippen LogP contribution is 2.22. The van der Waals surface area contributed by atoms with Gasteiger partial charge in [-0.05, 0) is 37.6 Å². The number of unbranched alkanes of at least 4 members (excludes halogenated alkanes) is 1. The Morgan fingerprint density at radius 1 is 1.11 bits per heavy atom. The lowest BCUT2D eigenvalue weighted by Crippen LogP contribution is -2.46. The van der Waals surface area contributed by atoms with Crippen molar-refractivity contribution in [2.24, 2.45) is 4.99 Å². The van der Waals surface area contributed by atoms with Gasteiger partial charge in [0, 0.05) is 39.3 Å². The van der Waals surface area contributed by atoms with Crippen LogP contribution < -0.4 is 15.5 Å². The summed E-state index contributed by atoms with van der Waals surface area (Å²) in [6, 6.07) is 5.52. The molecule has 1 aliphatic heterocycles. The van der Waals surface area contributed by atoms with E-state index in [2.05, 4.69) is 39.3 Å². The number of piperazine rings is 1. The molecule has 0 bridgehead atoms. The minimum absolute atomic E-state index is 0. The normalized spacial score (nSPS) is 15.4. The van der Waals surface area contributed by atoms with Crippen LogP contribution in [-0.4, -0.2) is 56.7 Å². The van der Waals surface area contributed by atoms with E-state index in [0.717, 1.165) is 70.2 Å². The Bertz CT molecular complexity index is 573. The van der Waals surface area contributed by atoms with Gasteiger partial charge in [0.1, 0.15) is 5.82 Å². The second kappa shape index (κ2) is 13.1. The first-order valence-corrected chi connectivity index (χ1v) is 9.95. The molecule has 7 heteroatoms. The van der Waals surface area contributed by atoms with Crippen molar-refractivity contribution in [1.82, 2.24) is 15.5 Å². The molecule has 0 unspecified atom stereocenters. The minimum Gasteiger partial charge on any atom is -0.367 e. The van der Waals surface area contributed by atoms with E-state index in [1.807, 2.05) is 19.1 Å². The summed E-state index contributed by atoms with van der Waals surface area (Å²) in [6.45, 7) is 13.4. The van der Waals surface area contributed by atoms with Crippen LogP contribution in [0.1, 0.15) is 39.2 Å². The zero-order chi connectivity index (χ0) is 18.8. The zero-order valence-electron chi connectivity index (χ0n) is 16.9. The van der Waals surface area contributed by atoms with Crippen LogP contribution in [0.15, 0.2) is 23.2 Å². The SMILES string of the molecule is CCCCNC(=NCc1ccc(N2CCN(CC)CC2)c(F)c1)NCC.I. The number of benzene rings is 1. The number of hydrogen-bond acceptors (Lipinski definition) is 3. The highest BCUT2D eigenvalue weighted by molar-refractivity contribution is 14.0. The van der Waals surface area contributed by atoms with Gasteiger partial charge in [-0.25, -0.2) is 9.38 Å². The second-order valence-electron chi connectivity index (χ2n) is 6.68. The Balaban J connectivity index is 0.00000364. The smallest absolute Gasteiger partial charge is 0.191 e. The molecule has 1 aromatic rings. The number of guanidine groups is 1. The summed E-state index contributed by atoms with van der Waals surface area (Å²) in [7, 11) is 0. The van der Waals surface area contributed by atoms with Crippen molar-refractivity contribution in [3.05, 3.63) is 29.6 Å². The third kappa shape index (κ3) is 7.81. The van der Waals surface area contributed by atoms with Gasteiger partial charge in [-0.1, -0.05) is 26.3 Å². The summed E-state index contributed by atoms with van der Waals surface area (Å²) in [5.74, 6) is 0.646. The first kappa shape index (κ1) is 23.9. The Kier molecular flexibility index (Phi) is 11.7. The molecule has 154 valence electrons. The van der Waals surface area contributed by atoms with Gasteiger partial charge in [0.05, 0.1) is 12.2 Å². The number of likely N-dealkylation sites (N-methyl/N-ethyl adjacent to an activating group) is 1. The molecular weight excluding hydrogens is 456 g/mol. The van der Waals surface area contributed by atoms with Crippen LogP contribution in [0.25, 0.3) is 0 Å². The molecule has 27 heavy (non-hydrogen) atoms. The molecule has 2 N–H and O–H groups in total. The second-order valence-corrected chi connectivity index (χ2v) is 6.68. The van der Waals surface area contributed by atoms with Crippen LogP contribution in [0.3, 0.4) is 0 Å². The maximum absolute atomic E-state index is 14.6. The molecule has 2 rings (SSSR count). The van der Waals surface area contributed by atoms with Gasteiger partial charge in [-0.2, -0.15) is 0 Å². The molecule has 5 nitrogen and oxygen atoms in total. The van der Waals surface area contributed by atoms with E-state index in [1.165, 1.54) is 0 Å². The standard InChI is InChI=1S/C20H34FN5.HI/c1-4-7-10-23-20(22-5-2)24-16-17-8-9-19(18(21)15-17)26-13-11-25(6-3)12-14-26;/h8-9,15H,4-7,10-14,16H2,1-3H3,(H2,22,23,24);1H. The number of rotatable bonds is 8. The van der Waals surface area contributed by atoms with E-state index in [4.69, 9.17) is 0 Å². The molecule has 1 aliphatic rings. The van der Waals surface area contributed by atoms with Crippen LogP contribution in [0.2, 0.25) is 0 Å². The average molecular weight is 491 g/mol. The third-order valence-corrected chi connectivity index (χ3v) is 4.76. The van der Waals surface area contributed by atoms with Gasteiger partial charge in [0.2, 0.25) is 0 Å². The molecule has 1 aromatic carbocycles. The molecule has 0 saturated carbocycles. The molecule has 0 aliphatic carbocycles. The van der Waals surface area contributed by atoms with Crippen LogP contribution in [-0.2, 0) is 6.54 Å². The molecule has 1 fully saturated rings. The molecule has 0 atom stereocenters. The summed E-state index contributed by atoms with van der Waals surface area (Å²) in [5.41, 5.74) is 1.60. The average Bonchev–Trinajstić information content (AvgIpc) is 2.66. The lowest BCUT2D eigenvalue weighted by molar-refractivity contribution is 0.270. The van der Waals surface area contributed by atoms with Gasteiger partial charge < -0.3 is 20.4 Å². The monoisotopic (exact) mass is 491 g/mol. The van der Waals surface area contributed by atoms with Gasteiger partial charge in [0.15, 0.2) is 5.96 Å². The maximum Gasteiger partial charge on any atom is 0.191 e.